The molecule has 3 rings (SSSR count). The Balaban J connectivity index is 1.57. The van der Waals surface area contributed by atoms with Crippen molar-refractivity contribution in [1.29, 1.82) is 0 Å². The number of anilines is 1. The first-order valence-electron chi connectivity index (χ1n) is 8.11. The summed E-state index contributed by atoms with van der Waals surface area (Å²) < 4.78 is 5.35. The van der Waals surface area contributed by atoms with Crippen molar-refractivity contribution < 1.29 is 9.53 Å². The van der Waals surface area contributed by atoms with E-state index in [0.717, 1.165) is 70.2 Å². The topological polar surface area (TPSA) is 58.6 Å². The molecule has 120 valence electrons. The van der Waals surface area contributed by atoms with Crippen LogP contribution in [0.5, 0.6) is 0 Å². The third kappa shape index (κ3) is 3.74. The predicted molar refractivity (Wildman–Crippen MR) is 83.7 cm³/mol. The summed E-state index contributed by atoms with van der Waals surface area (Å²) in [6, 6.07) is 0. The van der Waals surface area contributed by atoms with E-state index in [2.05, 4.69) is 14.9 Å². The number of ether oxygens (including phenoxy) is 1. The van der Waals surface area contributed by atoms with E-state index < -0.39 is 0 Å². The van der Waals surface area contributed by atoms with Crippen molar-refractivity contribution in [1.82, 2.24) is 14.9 Å². The highest BCUT2D eigenvalue weighted by molar-refractivity contribution is 5.73. The molecule has 1 amide bonds. The molecule has 1 aromatic heterocycles. The Morgan fingerprint density at radius 1 is 1.27 bits per heavy atom. The zero-order chi connectivity index (χ0) is 15.4. The van der Waals surface area contributed by atoms with Crippen LogP contribution in [-0.4, -0.2) is 60.2 Å². The van der Waals surface area contributed by atoms with E-state index in [1.165, 1.54) is 0 Å². The van der Waals surface area contributed by atoms with Gasteiger partial charge in [-0.2, -0.15) is 0 Å². The lowest BCUT2D eigenvalue weighted by Gasteiger charge is -2.32. The van der Waals surface area contributed by atoms with Crippen molar-refractivity contribution >= 4 is 11.7 Å². The average Bonchev–Trinajstić information content (AvgIpc) is 2.56. The van der Waals surface area contributed by atoms with Gasteiger partial charge in [-0.1, -0.05) is 0 Å². The lowest BCUT2D eigenvalue weighted by atomic mass is 9.93. The molecule has 1 aromatic rings. The number of hydrogen-bond donors (Lipinski definition) is 0. The van der Waals surface area contributed by atoms with Crippen molar-refractivity contribution in [2.24, 2.45) is 5.92 Å². The Hall–Kier alpha value is -1.69. The highest BCUT2D eigenvalue weighted by Crippen LogP contribution is 2.20. The first-order chi connectivity index (χ1) is 10.7. The van der Waals surface area contributed by atoms with E-state index in [9.17, 15) is 4.79 Å². The Labute approximate surface area is 131 Å². The summed E-state index contributed by atoms with van der Waals surface area (Å²) in [5.74, 6) is 1.61. The molecular formula is C16H24N4O2. The Morgan fingerprint density at radius 3 is 2.77 bits per heavy atom. The third-order valence-electron chi connectivity index (χ3n) is 4.49. The number of morpholine rings is 1. The monoisotopic (exact) mass is 304 g/mol. The fraction of sp³-hybridized carbons (Fsp3) is 0.688. The minimum atomic E-state index is 0.179. The van der Waals surface area contributed by atoms with Crippen molar-refractivity contribution in [3.8, 4) is 0 Å². The summed E-state index contributed by atoms with van der Waals surface area (Å²) in [6.45, 7) is 6.67. The number of carbonyl (C=O) groups excluding carboxylic acids is 1. The lowest BCUT2D eigenvalue weighted by molar-refractivity contribution is -0.130. The van der Waals surface area contributed by atoms with Crippen LogP contribution in [0.3, 0.4) is 0 Å². The van der Waals surface area contributed by atoms with Crippen molar-refractivity contribution in [3.63, 3.8) is 0 Å². The van der Waals surface area contributed by atoms with Gasteiger partial charge in [-0.3, -0.25) is 9.78 Å². The lowest BCUT2D eigenvalue weighted by Crippen LogP contribution is -2.39. The van der Waals surface area contributed by atoms with E-state index in [-0.39, 0.29) is 5.91 Å². The van der Waals surface area contributed by atoms with Gasteiger partial charge < -0.3 is 14.5 Å². The van der Waals surface area contributed by atoms with Gasteiger partial charge in [-0.05, 0) is 25.2 Å². The van der Waals surface area contributed by atoms with Gasteiger partial charge in [0.2, 0.25) is 5.91 Å². The number of rotatable bonds is 3. The molecule has 0 aliphatic carbocycles. The van der Waals surface area contributed by atoms with Crippen LogP contribution in [0.4, 0.5) is 5.82 Å². The maximum Gasteiger partial charge on any atom is 0.219 e. The first-order valence-corrected chi connectivity index (χ1v) is 8.11. The van der Waals surface area contributed by atoms with Crippen LogP contribution < -0.4 is 4.90 Å². The summed E-state index contributed by atoms with van der Waals surface area (Å²) in [7, 11) is 0. The zero-order valence-electron chi connectivity index (χ0n) is 13.2. The third-order valence-corrected chi connectivity index (χ3v) is 4.49. The molecule has 6 heteroatoms. The van der Waals surface area contributed by atoms with Gasteiger partial charge in [-0.15, -0.1) is 0 Å². The molecule has 2 aliphatic heterocycles. The van der Waals surface area contributed by atoms with Gasteiger partial charge in [0.05, 0.1) is 31.3 Å². The Morgan fingerprint density at radius 2 is 2.09 bits per heavy atom. The molecule has 0 radical (unpaired) electrons. The molecule has 0 aromatic carbocycles. The van der Waals surface area contributed by atoms with Crippen LogP contribution in [0, 0.1) is 5.92 Å². The van der Waals surface area contributed by atoms with Gasteiger partial charge >= 0.3 is 0 Å². The summed E-state index contributed by atoms with van der Waals surface area (Å²) in [6.07, 6.45) is 6.91. The smallest absolute Gasteiger partial charge is 0.219 e. The highest BCUT2D eigenvalue weighted by atomic mass is 16.5. The molecule has 0 spiro atoms. The maximum atomic E-state index is 11.5. The van der Waals surface area contributed by atoms with Crippen LogP contribution in [0.15, 0.2) is 12.4 Å². The van der Waals surface area contributed by atoms with E-state index in [1.807, 2.05) is 17.3 Å². The van der Waals surface area contributed by atoms with Gasteiger partial charge in [0.1, 0.15) is 5.82 Å². The van der Waals surface area contributed by atoms with Gasteiger partial charge in [-0.25, -0.2) is 4.98 Å². The fourth-order valence-electron chi connectivity index (χ4n) is 3.22. The SMILES string of the molecule is CC(=O)N1CCC[C@H](Cc2cnc(N3CCOCC3)cn2)C1. The second kappa shape index (κ2) is 7.05. The van der Waals surface area contributed by atoms with Gasteiger partial charge in [0.25, 0.3) is 0 Å². The molecule has 2 fully saturated rings. The minimum Gasteiger partial charge on any atom is -0.378 e. The second-order valence-corrected chi connectivity index (χ2v) is 6.14. The molecule has 1 atom stereocenters. The summed E-state index contributed by atoms with van der Waals surface area (Å²) in [5.41, 5.74) is 1.02. The number of aromatic nitrogens is 2. The molecule has 22 heavy (non-hydrogen) atoms. The van der Waals surface area contributed by atoms with E-state index >= 15 is 0 Å². The number of amides is 1. The van der Waals surface area contributed by atoms with Crippen molar-refractivity contribution in [3.05, 3.63) is 18.1 Å². The molecule has 2 saturated heterocycles. The standard InChI is InChI=1S/C16H24N4O2/c1-13(21)20-4-2-3-14(12-20)9-15-10-18-16(11-17-15)19-5-7-22-8-6-19/h10-11,14H,2-9,12H2,1H3/t14-/m1/s1. The average molecular weight is 304 g/mol. The maximum absolute atomic E-state index is 11.5. The van der Waals surface area contributed by atoms with Crippen LogP contribution in [-0.2, 0) is 16.0 Å². The van der Waals surface area contributed by atoms with Crippen LogP contribution in [0.2, 0.25) is 0 Å². The van der Waals surface area contributed by atoms with Crippen LogP contribution in [0.1, 0.15) is 25.5 Å². The first kappa shape index (κ1) is 15.2. The fourth-order valence-corrected chi connectivity index (χ4v) is 3.22. The van der Waals surface area contributed by atoms with Crippen LogP contribution >= 0.6 is 0 Å². The molecular weight excluding hydrogens is 280 g/mol. The number of likely N-dealkylation sites (tertiary alicyclic amines) is 1. The normalized spacial score (nSPS) is 22.7. The molecule has 0 bridgehead atoms. The highest BCUT2D eigenvalue weighted by Gasteiger charge is 2.22. The van der Waals surface area contributed by atoms with Crippen LogP contribution in [0.25, 0.3) is 0 Å². The molecule has 6 nitrogen and oxygen atoms in total. The Kier molecular flexibility index (Phi) is 4.87. The number of nitrogens with zero attached hydrogens (tertiary/aromatic N) is 4. The van der Waals surface area contributed by atoms with E-state index in [4.69, 9.17) is 4.74 Å². The quantitative estimate of drug-likeness (QED) is 0.837. The number of carbonyl (C=O) groups is 1. The van der Waals surface area contributed by atoms with E-state index in [1.54, 1.807) is 6.92 Å². The number of piperidine rings is 1. The van der Waals surface area contributed by atoms with Crippen molar-refractivity contribution in [2.45, 2.75) is 26.2 Å². The Bertz CT molecular complexity index is 499. The molecule has 0 unspecified atom stereocenters. The van der Waals surface area contributed by atoms with Crippen molar-refractivity contribution in [2.75, 3.05) is 44.3 Å². The molecule has 3 heterocycles. The van der Waals surface area contributed by atoms with E-state index in [0.29, 0.717) is 5.92 Å². The zero-order valence-corrected chi connectivity index (χ0v) is 13.2. The summed E-state index contributed by atoms with van der Waals surface area (Å²) >= 11 is 0. The summed E-state index contributed by atoms with van der Waals surface area (Å²) in [4.78, 5) is 24.8. The molecule has 0 saturated carbocycles. The molecule has 2 aliphatic rings. The van der Waals surface area contributed by atoms with Gasteiger partial charge in [0.15, 0.2) is 0 Å². The van der Waals surface area contributed by atoms with Gasteiger partial charge in [0, 0.05) is 33.1 Å². The molecule has 0 N–H and O–H groups in total. The minimum absolute atomic E-state index is 0.179. The second-order valence-electron chi connectivity index (χ2n) is 6.14. The largest absolute Gasteiger partial charge is 0.378 e. The predicted octanol–water partition coefficient (Wildman–Crippen LogP) is 1.11. The number of hydrogen-bond acceptors (Lipinski definition) is 5. The summed E-state index contributed by atoms with van der Waals surface area (Å²) in [5, 5.41) is 0.